The first-order valence-electron chi connectivity index (χ1n) is 9.09. The average Bonchev–Trinajstić information content (AvgIpc) is 3.33. The molecule has 0 saturated carbocycles. The molecule has 13 heteroatoms. The Balaban J connectivity index is 0.000000396. The van der Waals surface area contributed by atoms with Gasteiger partial charge in [-0.3, -0.25) is 9.58 Å². The molecule has 3 rings (SSSR count). The molecule has 1 fully saturated rings. The minimum Gasteiger partial charge on any atom is -0.475 e. The minimum atomic E-state index is -5.08. The van der Waals surface area contributed by atoms with E-state index < -0.39 is 18.2 Å². The van der Waals surface area contributed by atoms with Crippen LogP contribution < -0.4 is 11.1 Å². The van der Waals surface area contributed by atoms with Crippen LogP contribution in [0.25, 0.3) is 0 Å². The number of carboxylic acids is 1. The van der Waals surface area contributed by atoms with Crippen LogP contribution in [0.5, 0.6) is 0 Å². The van der Waals surface area contributed by atoms with Gasteiger partial charge in [0.25, 0.3) is 0 Å². The number of hydrogen-bond donors (Lipinski definition) is 3. The molecule has 166 valence electrons. The van der Waals surface area contributed by atoms with Gasteiger partial charge in [0.2, 0.25) is 0 Å². The summed E-state index contributed by atoms with van der Waals surface area (Å²) in [7, 11) is 0. The number of nitrogens with zero attached hydrogens (tertiary/aromatic N) is 4. The summed E-state index contributed by atoms with van der Waals surface area (Å²) in [5.41, 5.74) is 7.20. The zero-order valence-electron chi connectivity index (χ0n) is 16.0. The van der Waals surface area contributed by atoms with Gasteiger partial charge in [-0.1, -0.05) is 5.21 Å². The van der Waals surface area contributed by atoms with E-state index in [0.717, 1.165) is 31.9 Å². The van der Waals surface area contributed by atoms with Crippen LogP contribution in [0.15, 0.2) is 23.0 Å². The number of carbonyl (C=O) groups excluding carboxylic acids is 1. The number of nitrogens with one attached hydrogen (secondary N) is 1. The van der Waals surface area contributed by atoms with Gasteiger partial charge in [-0.15, -0.1) is 5.10 Å². The molecule has 0 spiro atoms. The van der Waals surface area contributed by atoms with Crippen molar-refractivity contribution < 1.29 is 27.9 Å². The van der Waals surface area contributed by atoms with Crippen molar-refractivity contribution >= 4 is 23.3 Å². The highest BCUT2D eigenvalue weighted by molar-refractivity contribution is 7.07. The minimum absolute atomic E-state index is 0.328. The number of urea groups is 1. The number of likely N-dealkylation sites (tertiary alicyclic amines) is 1. The van der Waals surface area contributed by atoms with E-state index >= 15 is 0 Å². The number of nitrogens with two attached hydrogens (primary N) is 1. The molecule has 1 aliphatic heterocycles. The number of amides is 2. The van der Waals surface area contributed by atoms with E-state index in [1.807, 2.05) is 10.9 Å². The Bertz CT molecular complexity index is 804. The lowest BCUT2D eigenvalue weighted by Crippen LogP contribution is -2.34. The second-order valence-corrected chi connectivity index (χ2v) is 7.58. The lowest BCUT2D eigenvalue weighted by atomic mass is 9.96. The third-order valence-electron chi connectivity index (χ3n) is 4.41. The normalized spacial score (nSPS) is 15.3. The summed E-state index contributed by atoms with van der Waals surface area (Å²) < 4.78 is 33.6. The fourth-order valence-electron chi connectivity index (χ4n) is 2.92. The van der Waals surface area contributed by atoms with Crippen LogP contribution in [0.4, 0.5) is 18.0 Å². The number of piperidine rings is 1. The van der Waals surface area contributed by atoms with Gasteiger partial charge in [-0.25, -0.2) is 9.59 Å². The lowest BCUT2D eigenvalue weighted by molar-refractivity contribution is -0.192. The number of aliphatic carboxylic acids is 1. The predicted molar refractivity (Wildman–Crippen MR) is 102 cm³/mol. The fourth-order valence-corrected chi connectivity index (χ4v) is 3.58. The molecule has 0 bridgehead atoms. The average molecular weight is 448 g/mol. The van der Waals surface area contributed by atoms with Crippen LogP contribution in [0.2, 0.25) is 0 Å². The number of primary amides is 1. The van der Waals surface area contributed by atoms with Crippen molar-refractivity contribution in [2.24, 2.45) is 11.7 Å². The summed E-state index contributed by atoms with van der Waals surface area (Å²) in [6.07, 6.45) is -0.842. The summed E-state index contributed by atoms with van der Waals surface area (Å²) in [6, 6.07) is 1.66. The molecule has 0 radical (unpaired) electrons. The summed E-state index contributed by atoms with van der Waals surface area (Å²) in [5, 5.41) is 22.2. The van der Waals surface area contributed by atoms with E-state index in [9.17, 15) is 18.0 Å². The SMILES string of the molecule is NC(=O)NCc1cn(CC2CCN(Cc3ccsc3)CC2)nn1.O=C(O)C(F)(F)F. The number of thiophene rings is 1. The molecule has 1 saturated heterocycles. The van der Waals surface area contributed by atoms with Crippen molar-refractivity contribution in [2.75, 3.05) is 13.1 Å². The van der Waals surface area contributed by atoms with E-state index in [1.165, 1.54) is 18.4 Å². The van der Waals surface area contributed by atoms with Crippen LogP contribution in [0.3, 0.4) is 0 Å². The summed E-state index contributed by atoms with van der Waals surface area (Å²) in [4.78, 5) is 22.1. The Kier molecular flexibility index (Phi) is 8.59. The molecule has 2 aromatic heterocycles. The highest BCUT2D eigenvalue weighted by Gasteiger charge is 2.38. The monoisotopic (exact) mass is 448 g/mol. The first-order valence-corrected chi connectivity index (χ1v) is 10.0. The topological polar surface area (TPSA) is 126 Å². The van der Waals surface area contributed by atoms with Gasteiger partial charge < -0.3 is 16.2 Å². The standard InChI is InChI=1S/C15H22N6OS.C2HF3O2/c16-15(22)17-7-14-10-21(19-18-14)9-12-1-4-20(5-2-12)8-13-3-6-23-11-13;3-2(4,5)1(6)7/h3,6,10-12H,1-2,4-5,7-9H2,(H3,16,17,22);(H,6,7). The van der Waals surface area contributed by atoms with E-state index in [2.05, 4.69) is 37.4 Å². The number of rotatable bonds is 6. The number of aromatic nitrogens is 3. The van der Waals surface area contributed by atoms with Gasteiger partial charge in [0.05, 0.1) is 12.7 Å². The van der Waals surface area contributed by atoms with E-state index in [-0.39, 0.29) is 0 Å². The maximum Gasteiger partial charge on any atom is 0.490 e. The Hall–Kier alpha value is -2.67. The summed E-state index contributed by atoms with van der Waals surface area (Å²) in [6.45, 7) is 4.53. The molecule has 0 aromatic carbocycles. The van der Waals surface area contributed by atoms with Crippen molar-refractivity contribution in [3.63, 3.8) is 0 Å². The fraction of sp³-hybridized carbons (Fsp3) is 0.529. The van der Waals surface area contributed by atoms with Gasteiger partial charge in [0, 0.05) is 13.1 Å². The van der Waals surface area contributed by atoms with Crippen LogP contribution in [-0.2, 0) is 24.4 Å². The van der Waals surface area contributed by atoms with E-state index in [1.54, 1.807) is 11.3 Å². The first kappa shape index (κ1) is 23.6. The zero-order chi connectivity index (χ0) is 22.1. The number of carbonyl (C=O) groups is 2. The van der Waals surface area contributed by atoms with Crippen LogP contribution >= 0.6 is 11.3 Å². The Morgan fingerprint density at radius 1 is 1.33 bits per heavy atom. The van der Waals surface area contributed by atoms with Crippen molar-refractivity contribution in [3.8, 4) is 0 Å². The maximum absolute atomic E-state index is 10.7. The highest BCUT2D eigenvalue weighted by atomic mass is 32.1. The molecular formula is C17H23F3N6O3S. The van der Waals surface area contributed by atoms with E-state index in [0.29, 0.717) is 12.5 Å². The third kappa shape index (κ3) is 8.37. The quantitative estimate of drug-likeness (QED) is 0.621. The van der Waals surface area contributed by atoms with E-state index in [4.69, 9.17) is 15.6 Å². The number of carboxylic acid groups (broad SMARTS) is 1. The van der Waals surface area contributed by atoms with Crippen molar-refractivity contribution in [3.05, 3.63) is 34.3 Å². The number of halogens is 3. The molecule has 2 amide bonds. The third-order valence-corrected chi connectivity index (χ3v) is 5.14. The highest BCUT2D eigenvalue weighted by Crippen LogP contribution is 2.21. The van der Waals surface area contributed by atoms with Gasteiger partial charge >= 0.3 is 18.2 Å². The van der Waals surface area contributed by atoms with Gasteiger partial charge in [0.1, 0.15) is 5.69 Å². The summed E-state index contributed by atoms with van der Waals surface area (Å²) >= 11 is 1.76. The largest absolute Gasteiger partial charge is 0.490 e. The molecule has 0 atom stereocenters. The molecule has 9 nitrogen and oxygen atoms in total. The molecule has 2 aromatic rings. The lowest BCUT2D eigenvalue weighted by Gasteiger charge is -2.31. The second-order valence-electron chi connectivity index (χ2n) is 6.80. The molecule has 0 aliphatic carbocycles. The Labute approximate surface area is 174 Å². The van der Waals surface area contributed by atoms with Gasteiger partial charge in [-0.2, -0.15) is 24.5 Å². The van der Waals surface area contributed by atoms with Crippen molar-refractivity contribution in [2.45, 2.75) is 38.7 Å². The molecular weight excluding hydrogens is 425 g/mol. The van der Waals surface area contributed by atoms with Crippen LogP contribution in [-0.4, -0.2) is 56.3 Å². The number of alkyl halides is 3. The first-order chi connectivity index (χ1) is 14.1. The Morgan fingerprint density at radius 3 is 2.53 bits per heavy atom. The molecule has 3 heterocycles. The van der Waals surface area contributed by atoms with Crippen molar-refractivity contribution in [1.82, 2.24) is 25.2 Å². The van der Waals surface area contributed by atoms with Crippen LogP contribution in [0.1, 0.15) is 24.1 Å². The van der Waals surface area contributed by atoms with Crippen LogP contribution in [0, 0.1) is 5.92 Å². The summed E-state index contributed by atoms with van der Waals surface area (Å²) in [5.74, 6) is -2.13. The zero-order valence-corrected chi connectivity index (χ0v) is 16.8. The Morgan fingerprint density at radius 2 is 2.00 bits per heavy atom. The maximum atomic E-state index is 10.7. The second kappa shape index (κ2) is 10.9. The van der Waals surface area contributed by atoms with Gasteiger partial charge in [0.15, 0.2) is 0 Å². The van der Waals surface area contributed by atoms with Gasteiger partial charge in [-0.05, 0) is 54.2 Å². The molecule has 1 aliphatic rings. The predicted octanol–water partition coefficient (Wildman–Crippen LogP) is 2.05. The smallest absolute Gasteiger partial charge is 0.475 e. The number of hydrogen-bond acceptors (Lipinski definition) is 6. The molecule has 0 unspecified atom stereocenters. The molecule has 4 N–H and O–H groups in total. The molecule has 30 heavy (non-hydrogen) atoms. The van der Waals surface area contributed by atoms with Crippen molar-refractivity contribution in [1.29, 1.82) is 0 Å².